The van der Waals surface area contributed by atoms with Crippen LogP contribution in [0, 0.1) is 5.82 Å². The summed E-state index contributed by atoms with van der Waals surface area (Å²) in [5, 5.41) is 10.6. The van der Waals surface area contributed by atoms with E-state index in [4.69, 9.17) is 9.47 Å². The van der Waals surface area contributed by atoms with Crippen LogP contribution in [-0.4, -0.2) is 72.5 Å². The van der Waals surface area contributed by atoms with Gasteiger partial charge in [-0.15, -0.1) is 0 Å². The van der Waals surface area contributed by atoms with E-state index in [0.29, 0.717) is 46.4 Å². The largest absolute Gasteiger partial charge is 0.448 e. The standard InChI is InChI=1S/C28H37BFN3O5/c1-27(2,3)37-25(34)32(13-12-31(7)8)20-15-18(14-19(30)16-20)21-10-9-11-23-22(21)17-24(29-36)33(23)26(35)38-28(4,5)6/h9-11,14-17,29,36H,12-13H2,1-8H3. The molecule has 38 heavy (non-hydrogen) atoms. The quantitative estimate of drug-likeness (QED) is 0.477. The highest BCUT2D eigenvalue weighted by atomic mass is 19.1. The predicted octanol–water partition coefficient (Wildman–Crippen LogP) is 4.50. The minimum atomic E-state index is -0.729. The Kier molecular flexibility index (Phi) is 8.58. The van der Waals surface area contributed by atoms with Gasteiger partial charge in [0.25, 0.3) is 0 Å². The molecule has 204 valence electrons. The maximum absolute atomic E-state index is 15.0. The normalized spacial score (nSPS) is 12.1. The topological polar surface area (TPSA) is 84.2 Å². The molecule has 10 heteroatoms. The lowest BCUT2D eigenvalue weighted by Crippen LogP contribution is -2.40. The Balaban J connectivity index is 2.14. The molecule has 0 radical (unpaired) electrons. The van der Waals surface area contributed by atoms with E-state index < -0.39 is 36.7 Å². The van der Waals surface area contributed by atoms with Crippen LogP contribution in [-0.2, 0) is 9.47 Å². The van der Waals surface area contributed by atoms with Gasteiger partial charge < -0.3 is 19.4 Å². The van der Waals surface area contributed by atoms with E-state index in [2.05, 4.69) is 0 Å². The van der Waals surface area contributed by atoms with Gasteiger partial charge in [-0.25, -0.2) is 14.0 Å². The van der Waals surface area contributed by atoms with Crippen molar-refractivity contribution in [1.82, 2.24) is 9.47 Å². The van der Waals surface area contributed by atoms with Gasteiger partial charge in [-0.2, -0.15) is 0 Å². The summed E-state index contributed by atoms with van der Waals surface area (Å²) in [6.07, 6.45) is -1.19. The van der Waals surface area contributed by atoms with Crippen molar-refractivity contribution in [2.45, 2.75) is 52.7 Å². The molecule has 8 nitrogen and oxygen atoms in total. The van der Waals surface area contributed by atoms with Gasteiger partial charge in [0.2, 0.25) is 0 Å². The van der Waals surface area contributed by atoms with Gasteiger partial charge in [0.05, 0.1) is 11.2 Å². The van der Waals surface area contributed by atoms with E-state index >= 15 is 4.39 Å². The zero-order valence-electron chi connectivity index (χ0n) is 23.5. The zero-order valence-corrected chi connectivity index (χ0v) is 23.5. The first kappa shape index (κ1) is 29.2. The number of amides is 1. The lowest BCUT2D eigenvalue weighted by Gasteiger charge is -2.28. The Hall–Kier alpha value is -3.37. The van der Waals surface area contributed by atoms with Crippen molar-refractivity contribution in [3.63, 3.8) is 0 Å². The third kappa shape index (κ3) is 7.14. The molecule has 1 heterocycles. The van der Waals surface area contributed by atoms with Gasteiger partial charge in [0.1, 0.15) is 17.0 Å². The molecule has 0 aliphatic carbocycles. The molecule has 0 saturated heterocycles. The number of carbonyl (C=O) groups excluding carboxylic acids is 2. The molecule has 3 aromatic rings. The van der Waals surface area contributed by atoms with Gasteiger partial charge in [0, 0.05) is 24.1 Å². The number of carbonyl (C=O) groups is 2. The predicted molar refractivity (Wildman–Crippen MR) is 150 cm³/mol. The molecule has 3 rings (SSSR count). The molecule has 1 aromatic heterocycles. The van der Waals surface area contributed by atoms with Gasteiger partial charge >= 0.3 is 19.7 Å². The molecule has 0 aliphatic rings. The number of nitrogens with zero attached hydrogens (tertiary/aromatic N) is 3. The first-order valence-corrected chi connectivity index (χ1v) is 12.5. The molecular weight excluding hydrogens is 488 g/mol. The van der Waals surface area contributed by atoms with E-state index in [9.17, 15) is 14.6 Å². The molecular formula is C28H37BFN3O5. The fourth-order valence-corrected chi connectivity index (χ4v) is 4.01. The Morgan fingerprint density at radius 3 is 2.21 bits per heavy atom. The van der Waals surface area contributed by atoms with Gasteiger partial charge in [0.15, 0.2) is 0 Å². The van der Waals surface area contributed by atoms with Crippen molar-refractivity contribution in [2.75, 3.05) is 32.1 Å². The van der Waals surface area contributed by atoms with Crippen molar-refractivity contribution < 1.29 is 28.5 Å². The molecule has 2 aromatic carbocycles. The maximum atomic E-state index is 15.0. The molecule has 0 bridgehead atoms. The van der Waals surface area contributed by atoms with Crippen LogP contribution in [0.25, 0.3) is 22.0 Å². The molecule has 0 aliphatic heterocycles. The number of rotatable bonds is 6. The number of hydrogen-bond donors (Lipinski definition) is 1. The third-order valence-corrected chi connectivity index (χ3v) is 5.55. The number of aromatic nitrogens is 1. The first-order valence-electron chi connectivity index (χ1n) is 12.5. The van der Waals surface area contributed by atoms with Crippen LogP contribution in [0.3, 0.4) is 0 Å². The fraction of sp³-hybridized carbons (Fsp3) is 0.429. The number of ether oxygens (including phenoxy) is 2. The highest BCUT2D eigenvalue weighted by molar-refractivity contribution is 6.46. The number of benzene rings is 2. The number of halogens is 1. The van der Waals surface area contributed by atoms with E-state index in [1.54, 1.807) is 71.9 Å². The minimum Gasteiger partial charge on any atom is -0.448 e. The van der Waals surface area contributed by atoms with E-state index in [-0.39, 0.29) is 0 Å². The Labute approximate surface area is 224 Å². The van der Waals surface area contributed by atoms with E-state index in [1.807, 2.05) is 19.0 Å². The lowest BCUT2D eigenvalue weighted by atomic mass is 9.94. The summed E-state index contributed by atoms with van der Waals surface area (Å²) in [6, 6.07) is 11.4. The monoisotopic (exact) mass is 525 g/mol. The summed E-state index contributed by atoms with van der Waals surface area (Å²) in [5.41, 5.74) is 0.907. The smallest absolute Gasteiger partial charge is 0.418 e. The number of likely N-dealkylation sites (N-methyl/N-ethyl adjacent to an activating group) is 1. The summed E-state index contributed by atoms with van der Waals surface area (Å²) in [4.78, 5) is 29.4. The second-order valence-electron chi connectivity index (χ2n) is 11.5. The summed E-state index contributed by atoms with van der Waals surface area (Å²) < 4.78 is 27.5. The highest BCUT2D eigenvalue weighted by Gasteiger charge is 2.26. The summed E-state index contributed by atoms with van der Waals surface area (Å²) in [6.45, 7) is 11.5. The molecule has 0 spiro atoms. The fourth-order valence-electron chi connectivity index (χ4n) is 4.01. The van der Waals surface area contributed by atoms with Crippen LogP contribution in [0.2, 0.25) is 0 Å². The average Bonchev–Trinajstić information content (AvgIpc) is 3.15. The van der Waals surface area contributed by atoms with Gasteiger partial charge in [-0.05, 0) is 97.1 Å². The molecule has 0 unspecified atom stereocenters. The maximum Gasteiger partial charge on any atom is 0.418 e. The van der Waals surface area contributed by atoms with Crippen molar-refractivity contribution in [1.29, 1.82) is 0 Å². The average molecular weight is 525 g/mol. The van der Waals surface area contributed by atoms with Crippen molar-refractivity contribution in [3.8, 4) is 11.1 Å². The number of fused-ring (bicyclic) bond motifs is 1. The van der Waals surface area contributed by atoms with Crippen LogP contribution >= 0.6 is 0 Å². The van der Waals surface area contributed by atoms with E-state index in [0.717, 1.165) is 0 Å². The Morgan fingerprint density at radius 2 is 1.63 bits per heavy atom. The van der Waals surface area contributed by atoms with Crippen molar-refractivity contribution in [2.24, 2.45) is 0 Å². The van der Waals surface area contributed by atoms with Crippen LogP contribution in [0.5, 0.6) is 0 Å². The van der Waals surface area contributed by atoms with E-state index in [1.165, 1.54) is 21.6 Å². The van der Waals surface area contributed by atoms with Crippen molar-refractivity contribution >= 4 is 41.9 Å². The molecule has 1 amide bonds. The number of anilines is 1. The van der Waals surface area contributed by atoms with Crippen LogP contribution < -0.4 is 10.5 Å². The van der Waals surface area contributed by atoms with Gasteiger partial charge in [-0.1, -0.05) is 12.1 Å². The second kappa shape index (κ2) is 11.2. The Bertz CT molecular complexity index is 1320. The second-order valence-corrected chi connectivity index (χ2v) is 11.5. The SMILES string of the molecule is CN(C)CCN(C(=O)OC(C)(C)C)c1cc(F)cc(-c2cccc3c2cc(BO)n3C(=O)OC(C)(C)C)c1. The molecule has 0 fully saturated rings. The molecule has 0 saturated carbocycles. The minimum absolute atomic E-state index is 0.290. The summed E-state index contributed by atoms with van der Waals surface area (Å²) >= 11 is 0. The molecule has 1 N–H and O–H groups in total. The van der Waals surface area contributed by atoms with Crippen LogP contribution in [0.15, 0.2) is 42.5 Å². The third-order valence-electron chi connectivity index (χ3n) is 5.55. The zero-order chi connectivity index (χ0) is 28.4. The van der Waals surface area contributed by atoms with Crippen LogP contribution in [0.4, 0.5) is 19.7 Å². The Morgan fingerprint density at radius 1 is 0.974 bits per heavy atom. The summed E-state index contributed by atoms with van der Waals surface area (Å²) in [5.74, 6) is -0.526. The molecule has 0 atom stereocenters. The van der Waals surface area contributed by atoms with Crippen LogP contribution in [0.1, 0.15) is 41.5 Å². The van der Waals surface area contributed by atoms with Crippen molar-refractivity contribution in [3.05, 3.63) is 48.3 Å². The first-order chi connectivity index (χ1) is 17.6. The summed E-state index contributed by atoms with van der Waals surface area (Å²) in [7, 11) is 3.39. The van der Waals surface area contributed by atoms with Gasteiger partial charge in [-0.3, -0.25) is 9.47 Å². The highest BCUT2D eigenvalue weighted by Crippen LogP contribution is 2.33. The number of hydrogen-bond acceptors (Lipinski definition) is 6. The lowest BCUT2D eigenvalue weighted by molar-refractivity contribution is 0.0545.